The summed E-state index contributed by atoms with van der Waals surface area (Å²) < 4.78 is 0. The van der Waals surface area contributed by atoms with Gasteiger partial charge in [0.25, 0.3) is 0 Å². The van der Waals surface area contributed by atoms with Gasteiger partial charge in [-0.15, -0.1) is 0 Å². The Morgan fingerprint density at radius 3 is 2.17 bits per heavy atom. The molecule has 1 saturated carbocycles. The average molecular weight is 255 g/mol. The third-order valence-corrected chi connectivity index (χ3v) is 5.56. The number of hydrogen-bond acceptors (Lipinski definition) is 2. The van der Waals surface area contributed by atoms with Crippen molar-refractivity contribution < 1.29 is 5.11 Å². The summed E-state index contributed by atoms with van der Waals surface area (Å²) in [7, 11) is 0. The fraction of sp³-hybridized carbons (Fsp3) is 1.00. The zero-order chi connectivity index (χ0) is 13.8. The number of hydrogen-bond donors (Lipinski definition) is 2. The topological polar surface area (TPSA) is 46.2 Å². The Kier molecular flexibility index (Phi) is 5.67. The molecule has 1 aliphatic rings. The molecule has 0 aromatic rings. The van der Waals surface area contributed by atoms with E-state index < -0.39 is 5.60 Å². The van der Waals surface area contributed by atoms with Gasteiger partial charge in [-0.2, -0.15) is 0 Å². The van der Waals surface area contributed by atoms with Crippen LogP contribution in [0.5, 0.6) is 0 Å². The van der Waals surface area contributed by atoms with Crippen molar-refractivity contribution in [2.45, 2.75) is 78.2 Å². The van der Waals surface area contributed by atoms with Crippen molar-refractivity contribution in [3.05, 3.63) is 0 Å². The first-order valence-corrected chi connectivity index (χ1v) is 7.87. The van der Waals surface area contributed by atoms with E-state index in [2.05, 4.69) is 27.7 Å². The Morgan fingerprint density at radius 1 is 1.28 bits per heavy atom. The molecule has 2 nitrogen and oxygen atoms in total. The molecule has 0 aliphatic heterocycles. The van der Waals surface area contributed by atoms with Gasteiger partial charge in [-0.1, -0.05) is 34.1 Å². The van der Waals surface area contributed by atoms with Crippen molar-refractivity contribution in [2.75, 3.05) is 6.54 Å². The van der Waals surface area contributed by atoms with E-state index in [0.717, 1.165) is 43.9 Å². The summed E-state index contributed by atoms with van der Waals surface area (Å²) in [6, 6.07) is 0. The van der Waals surface area contributed by atoms with Crippen molar-refractivity contribution in [3.63, 3.8) is 0 Å². The third kappa shape index (κ3) is 2.91. The van der Waals surface area contributed by atoms with Crippen LogP contribution in [0.15, 0.2) is 0 Å². The summed E-state index contributed by atoms with van der Waals surface area (Å²) in [5, 5.41) is 11.0. The van der Waals surface area contributed by atoms with E-state index in [9.17, 15) is 5.11 Å². The van der Waals surface area contributed by atoms with Crippen LogP contribution in [0.25, 0.3) is 0 Å². The molecule has 1 atom stereocenters. The second kappa shape index (κ2) is 6.38. The Labute approximate surface area is 113 Å². The van der Waals surface area contributed by atoms with E-state index in [1.54, 1.807) is 0 Å². The Balaban J connectivity index is 2.81. The van der Waals surface area contributed by atoms with Gasteiger partial charge in [0.2, 0.25) is 0 Å². The molecule has 1 rings (SSSR count). The third-order valence-electron chi connectivity index (χ3n) is 5.56. The first-order chi connectivity index (χ1) is 8.44. The van der Waals surface area contributed by atoms with E-state index in [1.165, 1.54) is 12.8 Å². The predicted molar refractivity (Wildman–Crippen MR) is 78.4 cm³/mol. The molecule has 0 spiro atoms. The molecule has 108 valence electrons. The number of rotatable bonds is 6. The summed E-state index contributed by atoms with van der Waals surface area (Å²) in [6.07, 6.45) is 7.46. The van der Waals surface area contributed by atoms with Gasteiger partial charge in [0.1, 0.15) is 0 Å². The minimum Gasteiger partial charge on any atom is -0.389 e. The lowest BCUT2D eigenvalue weighted by Gasteiger charge is -2.51. The predicted octanol–water partition coefficient (Wildman–Crippen LogP) is 3.72. The van der Waals surface area contributed by atoms with Gasteiger partial charge < -0.3 is 10.8 Å². The molecule has 0 bridgehead atoms. The van der Waals surface area contributed by atoms with Crippen molar-refractivity contribution in [2.24, 2.45) is 23.0 Å². The second-order valence-electron chi connectivity index (χ2n) is 6.70. The highest BCUT2D eigenvalue weighted by atomic mass is 16.3. The zero-order valence-corrected chi connectivity index (χ0v) is 12.8. The highest BCUT2D eigenvalue weighted by molar-refractivity contribution is 5.01. The molecule has 1 aliphatic carbocycles. The quantitative estimate of drug-likeness (QED) is 0.760. The molecule has 0 radical (unpaired) electrons. The fourth-order valence-corrected chi connectivity index (χ4v) is 3.95. The minimum absolute atomic E-state index is 0.0247. The average Bonchev–Trinajstić information content (AvgIpc) is 2.38. The SMILES string of the molecule is CCCC(O)(CC)C1(CN)CCC(C(C)C)CC1. The lowest BCUT2D eigenvalue weighted by molar-refractivity contribution is -0.115. The first-order valence-electron chi connectivity index (χ1n) is 7.87. The highest BCUT2D eigenvalue weighted by Crippen LogP contribution is 2.50. The summed E-state index contributed by atoms with van der Waals surface area (Å²) in [6.45, 7) is 9.55. The Morgan fingerprint density at radius 2 is 1.83 bits per heavy atom. The molecule has 2 heteroatoms. The van der Waals surface area contributed by atoms with E-state index >= 15 is 0 Å². The standard InChI is InChI=1S/C16H33NO/c1-5-9-16(18,6-2)15(12-17)10-7-14(8-11-15)13(3)4/h13-14,18H,5-12,17H2,1-4H3. The Hall–Kier alpha value is -0.0800. The van der Waals surface area contributed by atoms with E-state index in [0.29, 0.717) is 6.54 Å². The summed E-state index contributed by atoms with van der Waals surface area (Å²) in [5.74, 6) is 1.59. The van der Waals surface area contributed by atoms with Crippen LogP contribution in [0.3, 0.4) is 0 Å². The zero-order valence-electron chi connectivity index (χ0n) is 12.8. The van der Waals surface area contributed by atoms with Crippen LogP contribution in [-0.4, -0.2) is 17.3 Å². The molecule has 18 heavy (non-hydrogen) atoms. The van der Waals surface area contributed by atoms with Crippen LogP contribution in [0, 0.1) is 17.3 Å². The van der Waals surface area contributed by atoms with Crippen LogP contribution >= 0.6 is 0 Å². The van der Waals surface area contributed by atoms with Gasteiger partial charge in [-0.05, 0) is 50.4 Å². The minimum atomic E-state index is -0.543. The number of nitrogens with two attached hydrogens (primary N) is 1. The van der Waals surface area contributed by atoms with E-state index in [1.807, 2.05) is 0 Å². The van der Waals surface area contributed by atoms with Gasteiger partial charge in [0.15, 0.2) is 0 Å². The van der Waals surface area contributed by atoms with Gasteiger partial charge in [0, 0.05) is 12.0 Å². The maximum atomic E-state index is 11.0. The maximum absolute atomic E-state index is 11.0. The lowest BCUT2D eigenvalue weighted by atomic mass is 9.58. The molecule has 0 saturated heterocycles. The summed E-state index contributed by atoms with van der Waals surface area (Å²) in [5.41, 5.74) is 5.52. The molecule has 1 unspecified atom stereocenters. The lowest BCUT2D eigenvalue weighted by Crippen LogP contribution is -2.54. The second-order valence-corrected chi connectivity index (χ2v) is 6.70. The van der Waals surface area contributed by atoms with Gasteiger partial charge in [-0.3, -0.25) is 0 Å². The van der Waals surface area contributed by atoms with Crippen LogP contribution < -0.4 is 5.73 Å². The molecule has 0 amide bonds. The van der Waals surface area contributed by atoms with Crippen molar-refractivity contribution in [1.82, 2.24) is 0 Å². The summed E-state index contributed by atoms with van der Waals surface area (Å²) in [4.78, 5) is 0. The molecule has 1 fully saturated rings. The van der Waals surface area contributed by atoms with Crippen LogP contribution in [0.4, 0.5) is 0 Å². The monoisotopic (exact) mass is 255 g/mol. The van der Waals surface area contributed by atoms with Crippen LogP contribution in [0.2, 0.25) is 0 Å². The fourth-order valence-electron chi connectivity index (χ4n) is 3.95. The molecule has 0 aromatic carbocycles. The van der Waals surface area contributed by atoms with Crippen molar-refractivity contribution >= 4 is 0 Å². The van der Waals surface area contributed by atoms with Gasteiger partial charge in [-0.25, -0.2) is 0 Å². The van der Waals surface area contributed by atoms with Crippen LogP contribution in [-0.2, 0) is 0 Å². The van der Waals surface area contributed by atoms with Crippen molar-refractivity contribution in [1.29, 1.82) is 0 Å². The smallest absolute Gasteiger partial charge is 0.0713 e. The first kappa shape index (κ1) is 16.0. The normalized spacial score (nSPS) is 32.5. The molecule has 3 N–H and O–H groups in total. The highest BCUT2D eigenvalue weighted by Gasteiger charge is 2.49. The van der Waals surface area contributed by atoms with Crippen molar-refractivity contribution in [3.8, 4) is 0 Å². The van der Waals surface area contributed by atoms with Crippen LogP contribution in [0.1, 0.15) is 72.6 Å². The van der Waals surface area contributed by atoms with E-state index in [-0.39, 0.29) is 5.41 Å². The number of aliphatic hydroxyl groups is 1. The Bertz CT molecular complexity index is 243. The molecule has 0 heterocycles. The van der Waals surface area contributed by atoms with Gasteiger partial charge >= 0.3 is 0 Å². The van der Waals surface area contributed by atoms with Gasteiger partial charge in [0.05, 0.1) is 5.60 Å². The molecular formula is C16H33NO. The summed E-state index contributed by atoms with van der Waals surface area (Å²) >= 11 is 0. The van der Waals surface area contributed by atoms with E-state index in [4.69, 9.17) is 5.73 Å². The largest absolute Gasteiger partial charge is 0.389 e. The molecule has 0 aromatic heterocycles. The maximum Gasteiger partial charge on any atom is 0.0713 e. The molecular weight excluding hydrogens is 222 g/mol.